The lowest BCUT2D eigenvalue weighted by atomic mass is 9.82. The lowest BCUT2D eigenvalue weighted by Gasteiger charge is -2.46. The topological polar surface area (TPSA) is 53.5 Å². The summed E-state index contributed by atoms with van der Waals surface area (Å²) in [5.41, 5.74) is 0. The highest BCUT2D eigenvalue weighted by Crippen LogP contribution is 2.49. The molecule has 3 heterocycles. The molecule has 6 atom stereocenters. The van der Waals surface area contributed by atoms with Crippen LogP contribution in [0.3, 0.4) is 0 Å². The van der Waals surface area contributed by atoms with Gasteiger partial charge in [0.15, 0.2) is 0 Å². The van der Waals surface area contributed by atoms with Gasteiger partial charge in [-0.2, -0.15) is 0 Å². The van der Waals surface area contributed by atoms with Gasteiger partial charge in [-0.1, -0.05) is 13.8 Å². The van der Waals surface area contributed by atoms with E-state index < -0.39 is 15.7 Å². The number of carbonyl (C=O) groups is 2. The van der Waals surface area contributed by atoms with E-state index in [1.165, 1.54) is 16.2 Å². The minimum atomic E-state index is -0.643. The van der Waals surface area contributed by atoms with Gasteiger partial charge in [0.25, 0.3) is 0 Å². The maximum Gasteiger partial charge on any atom is 0.246 e. The molecule has 5 nitrogen and oxygen atoms in total. The molecule has 2 aliphatic rings. The zero-order chi connectivity index (χ0) is 21.5. The molecule has 0 aliphatic carbocycles. The third-order valence-corrected chi connectivity index (χ3v) is 8.54. The highest BCUT2D eigenvalue weighted by atomic mass is 35.5. The van der Waals surface area contributed by atoms with Crippen molar-refractivity contribution in [1.29, 1.82) is 0 Å². The molecule has 0 spiro atoms. The van der Waals surface area contributed by atoms with Crippen molar-refractivity contribution in [3.05, 3.63) is 16.6 Å². The van der Waals surface area contributed by atoms with Gasteiger partial charge in [-0.25, -0.2) is 4.98 Å². The second kappa shape index (κ2) is 9.47. The van der Waals surface area contributed by atoms with Crippen LogP contribution in [0.1, 0.15) is 44.2 Å². The number of hydrogen-bond acceptors (Lipinski definition) is 4. The quantitative estimate of drug-likeness (QED) is 0.522. The Morgan fingerprint density at radius 1 is 1.34 bits per heavy atom. The fourth-order valence-electron chi connectivity index (χ4n) is 4.56. The van der Waals surface area contributed by atoms with Crippen LogP contribution in [-0.4, -0.2) is 55.4 Å². The van der Waals surface area contributed by atoms with Gasteiger partial charge in [0.1, 0.15) is 20.7 Å². The molecule has 0 aromatic carbocycles. The summed E-state index contributed by atoms with van der Waals surface area (Å²) in [4.78, 5) is 32.9. The van der Waals surface area contributed by atoms with Gasteiger partial charge in [-0.05, 0) is 24.7 Å². The van der Waals surface area contributed by atoms with E-state index in [1.807, 2.05) is 17.2 Å². The molecular formula is C19H25Cl4N3O2S. The number of thiazole rings is 1. The van der Waals surface area contributed by atoms with Crippen molar-refractivity contribution in [3.8, 4) is 0 Å². The van der Waals surface area contributed by atoms with Crippen LogP contribution >= 0.6 is 57.7 Å². The number of aromatic nitrogens is 1. The normalized spacial score (nSPS) is 30.7. The molecule has 1 aromatic heterocycles. The maximum atomic E-state index is 13.6. The maximum absolute atomic E-state index is 13.6. The monoisotopic (exact) mass is 499 g/mol. The lowest BCUT2D eigenvalue weighted by Crippen LogP contribution is -2.60. The van der Waals surface area contributed by atoms with E-state index in [1.54, 1.807) is 13.2 Å². The van der Waals surface area contributed by atoms with Crippen molar-refractivity contribution in [2.45, 2.75) is 60.9 Å². The van der Waals surface area contributed by atoms with Crippen molar-refractivity contribution in [1.82, 2.24) is 14.8 Å². The molecule has 162 valence electrons. The first-order valence-electron chi connectivity index (χ1n) is 9.67. The summed E-state index contributed by atoms with van der Waals surface area (Å²) in [7, 11) is 1.65. The lowest BCUT2D eigenvalue weighted by molar-refractivity contribution is -0.153. The predicted molar refractivity (Wildman–Crippen MR) is 119 cm³/mol. The van der Waals surface area contributed by atoms with Gasteiger partial charge in [0.05, 0.1) is 6.04 Å². The highest BCUT2D eigenvalue weighted by Gasteiger charge is 2.54. The van der Waals surface area contributed by atoms with E-state index in [0.717, 1.165) is 11.4 Å². The Morgan fingerprint density at radius 2 is 2.03 bits per heavy atom. The Balaban J connectivity index is 1.88. The van der Waals surface area contributed by atoms with Crippen molar-refractivity contribution in [3.63, 3.8) is 0 Å². The zero-order valence-electron chi connectivity index (χ0n) is 16.5. The number of hydrogen-bond donors (Lipinski definition) is 0. The fourth-order valence-corrected chi connectivity index (χ4v) is 5.99. The van der Waals surface area contributed by atoms with Crippen LogP contribution in [0.5, 0.6) is 0 Å². The number of carbonyl (C=O) groups excluding carboxylic acids is 2. The third kappa shape index (κ3) is 4.67. The number of halogens is 4. The average Bonchev–Trinajstić information content (AvgIpc) is 3.29. The SMILES string of the molecule is CC(CC(=O)N(C)C1CC(C(Cl)Cl)C2C(C)CC(c3nccs3)N2C1=O)C(Cl)Cl. The molecule has 0 saturated carbocycles. The van der Waals surface area contributed by atoms with Gasteiger partial charge >= 0.3 is 0 Å². The molecule has 3 rings (SSSR count). The molecule has 10 heteroatoms. The van der Waals surface area contributed by atoms with E-state index in [9.17, 15) is 9.59 Å². The van der Waals surface area contributed by atoms with E-state index in [-0.39, 0.29) is 48.1 Å². The van der Waals surface area contributed by atoms with Crippen molar-refractivity contribution < 1.29 is 9.59 Å². The number of piperidine rings is 1. The first kappa shape index (κ1) is 23.4. The molecule has 1 aromatic rings. The van der Waals surface area contributed by atoms with E-state index in [2.05, 4.69) is 11.9 Å². The Labute approximate surface area is 195 Å². The summed E-state index contributed by atoms with van der Waals surface area (Å²) in [6.07, 6.45) is 3.17. The van der Waals surface area contributed by atoms with Crippen LogP contribution in [0.15, 0.2) is 11.6 Å². The molecule has 0 bridgehead atoms. The van der Waals surface area contributed by atoms with Crippen LogP contribution < -0.4 is 0 Å². The summed E-state index contributed by atoms with van der Waals surface area (Å²) in [5, 5.41) is 2.82. The summed E-state index contributed by atoms with van der Waals surface area (Å²) in [5.74, 6) is -0.325. The van der Waals surface area contributed by atoms with Gasteiger partial charge in [0.2, 0.25) is 11.8 Å². The van der Waals surface area contributed by atoms with Gasteiger partial charge in [-0.3, -0.25) is 9.59 Å². The summed E-state index contributed by atoms with van der Waals surface area (Å²) >= 11 is 26.1. The standard InChI is InChI=1S/C19H25Cl4N3O2S/c1-9-6-12(18-24-4-5-29-18)26-15(9)11(17(22)23)8-13(19(26)28)25(3)14(27)7-10(2)16(20)21/h4-5,9-13,15-17H,6-8H2,1-3H3. The molecular weight excluding hydrogens is 476 g/mol. The third-order valence-electron chi connectivity index (χ3n) is 6.16. The van der Waals surface area contributed by atoms with Crippen LogP contribution in [0, 0.1) is 17.8 Å². The van der Waals surface area contributed by atoms with E-state index in [0.29, 0.717) is 6.42 Å². The van der Waals surface area contributed by atoms with Crippen LogP contribution in [0.25, 0.3) is 0 Å². The van der Waals surface area contributed by atoms with Gasteiger partial charge in [-0.15, -0.1) is 57.7 Å². The Bertz CT molecular complexity index is 733. The van der Waals surface area contributed by atoms with Crippen LogP contribution in [-0.2, 0) is 9.59 Å². The minimum Gasteiger partial charge on any atom is -0.334 e. The second-order valence-electron chi connectivity index (χ2n) is 8.11. The summed E-state index contributed by atoms with van der Waals surface area (Å²) in [6.45, 7) is 3.94. The number of amides is 2. The molecule has 0 radical (unpaired) electrons. The first-order valence-corrected chi connectivity index (χ1v) is 12.3. The number of nitrogens with zero attached hydrogens (tertiary/aromatic N) is 3. The fraction of sp³-hybridized carbons (Fsp3) is 0.737. The van der Waals surface area contributed by atoms with E-state index in [4.69, 9.17) is 46.4 Å². The Morgan fingerprint density at radius 3 is 2.59 bits per heavy atom. The first-order chi connectivity index (χ1) is 13.6. The van der Waals surface area contributed by atoms with Crippen molar-refractivity contribution in [2.24, 2.45) is 17.8 Å². The predicted octanol–water partition coefficient (Wildman–Crippen LogP) is 4.90. The molecule has 2 aliphatic heterocycles. The number of alkyl halides is 4. The minimum absolute atomic E-state index is 0.0647. The number of rotatable bonds is 6. The molecule has 29 heavy (non-hydrogen) atoms. The largest absolute Gasteiger partial charge is 0.334 e. The zero-order valence-corrected chi connectivity index (χ0v) is 20.3. The second-order valence-corrected chi connectivity index (χ2v) is 11.4. The molecule has 2 fully saturated rings. The molecule has 0 N–H and O–H groups in total. The van der Waals surface area contributed by atoms with Gasteiger partial charge < -0.3 is 9.80 Å². The van der Waals surface area contributed by atoms with Gasteiger partial charge in [0, 0.05) is 37.0 Å². The van der Waals surface area contributed by atoms with Crippen molar-refractivity contribution >= 4 is 69.6 Å². The Kier molecular flexibility index (Phi) is 7.64. The highest BCUT2D eigenvalue weighted by molar-refractivity contribution is 7.09. The van der Waals surface area contributed by atoms with Crippen LogP contribution in [0.4, 0.5) is 0 Å². The summed E-state index contributed by atoms with van der Waals surface area (Å²) in [6, 6.07) is -0.796. The average molecular weight is 501 g/mol. The van der Waals surface area contributed by atoms with Crippen molar-refractivity contribution in [2.75, 3.05) is 7.05 Å². The van der Waals surface area contributed by atoms with Crippen LogP contribution in [0.2, 0.25) is 0 Å². The smallest absolute Gasteiger partial charge is 0.246 e. The molecule has 2 amide bonds. The molecule has 2 saturated heterocycles. The Hall–Kier alpha value is -0.270. The number of likely N-dealkylation sites (N-methyl/N-ethyl adjacent to an activating group) is 1. The summed E-state index contributed by atoms with van der Waals surface area (Å²) < 4.78 is 0. The van der Waals surface area contributed by atoms with E-state index >= 15 is 0 Å². The number of fused-ring (bicyclic) bond motifs is 1. The molecule has 6 unspecified atom stereocenters.